The number of hydrogen-bond acceptors (Lipinski definition) is 1. The fourth-order valence-corrected chi connectivity index (χ4v) is 5.45. The highest BCUT2D eigenvalue weighted by Crippen LogP contribution is 2.63. The third kappa shape index (κ3) is 1.75. The van der Waals surface area contributed by atoms with Crippen LogP contribution in [-0.4, -0.2) is 5.60 Å². The van der Waals surface area contributed by atoms with Crippen molar-refractivity contribution in [3.63, 3.8) is 0 Å². The van der Waals surface area contributed by atoms with E-state index in [1.165, 1.54) is 32.1 Å². The van der Waals surface area contributed by atoms with Crippen LogP contribution in [-0.2, 0) is 0 Å². The molecule has 20 heavy (non-hydrogen) atoms. The number of fused-ring (bicyclic) bond motifs is 5. The van der Waals surface area contributed by atoms with Crippen LogP contribution in [0.25, 0.3) is 6.08 Å². The van der Waals surface area contributed by atoms with Crippen molar-refractivity contribution in [2.75, 3.05) is 0 Å². The molecule has 3 fully saturated rings. The maximum absolute atomic E-state index is 6.47. The van der Waals surface area contributed by atoms with Gasteiger partial charge in [0.1, 0.15) is 11.4 Å². The zero-order valence-corrected chi connectivity index (χ0v) is 12.3. The van der Waals surface area contributed by atoms with Crippen LogP contribution in [0.4, 0.5) is 0 Å². The topological polar surface area (TPSA) is 9.23 Å². The summed E-state index contributed by atoms with van der Waals surface area (Å²) < 4.78 is 6.47. The molecule has 0 spiro atoms. The molecule has 3 saturated carbocycles. The Morgan fingerprint density at radius 2 is 1.95 bits per heavy atom. The largest absolute Gasteiger partial charge is 0.487 e. The third-order valence-electron chi connectivity index (χ3n) is 6.22. The molecule has 0 amide bonds. The summed E-state index contributed by atoms with van der Waals surface area (Å²) in [6.07, 6.45) is 8.94. The summed E-state index contributed by atoms with van der Waals surface area (Å²) in [5.74, 6) is 4.73. The molecule has 3 aliphatic rings. The predicted molar refractivity (Wildman–Crippen MR) is 82.6 cm³/mol. The molecular weight excluding hydrogens is 244 g/mol. The molecule has 0 aliphatic heterocycles. The Bertz CT molecular complexity index is 517. The maximum Gasteiger partial charge on any atom is 0.120 e. The lowest BCUT2D eigenvalue weighted by Gasteiger charge is -2.40. The Morgan fingerprint density at radius 1 is 1.20 bits per heavy atom. The highest BCUT2D eigenvalue weighted by molar-refractivity contribution is 5.48. The molecule has 0 heterocycles. The minimum atomic E-state index is 0.0753. The van der Waals surface area contributed by atoms with Crippen LogP contribution in [0.3, 0.4) is 0 Å². The SMILES string of the molecule is C=Cc1ccc(OC2(C)CC3CC2C2CCCC32)cc1. The molecule has 4 rings (SSSR count). The molecule has 1 heteroatoms. The van der Waals surface area contributed by atoms with Crippen molar-refractivity contribution in [1.29, 1.82) is 0 Å². The Labute approximate surface area is 122 Å². The van der Waals surface area contributed by atoms with Gasteiger partial charge < -0.3 is 4.74 Å². The maximum atomic E-state index is 6.47. The lowest BCUT2D eigenvalue weighted by Crippen LogP contribution is -2.43. The van der Waals surface area contributed by atoms with Crippen molar-refractivity contribution in [3.05, 3.63) is 36.4 Å². The van der Waals surface area contributed by atoms with Crippen LogP contribution in [0.5, 0.6) is 5.75 Å². The van der Waals surface area contributed by atoms with Crippen molar-refractivity contribution >= 4 is 6.08 Å². The first-order valence-electron chi connectivity index (χ1n) is 8.11. The van der Waals surface area contributed by atoms with Gasteiger partial charge in [-0.1, -0.05) is 31.2 Å². The summed E-state index contributed by atoms with van der Waals surface area (Å²) in [4.78, 5) is 0. The van der Waals surface area contributed by atoms with Gasteiger partial charge in [0.05, 0.1) is 0 Å². The average molecular weight is 268 g/mol. The summed E-state index contributed by atoms with van der Waals surface area (Å²) in [5.41, 5.74) is 1.23. The lowest BCUT2D eigenvalue weighted by atomic mass is 9.73. The van der Waals surface area contributed by atoms with E-state index in [0.717, 1.165) is 35.0 Å². The molecule has 0 radical (unpaired) electrons. The van der Waals surface area contributed by atoms with Gasteiger partial charge in [0.15, 0.2) is 0 Å². The van der Waals surface area contributed by atoms with Gasteiger partial charge in [0, 0.05) is 5.92 Å². The van der Waals surface area contributed by atoms with E-state index >= 15 is 0 Å². The van der Waals surface area contributed by atoms with E-state index < -0.39 is 0 Å². The third-order valence-corrected chi connectivity index (χ3v) is 6.22. The van der Waals surface area contributed by atoms with E-state index in [1.54, 1.807) is 0 Å². The first-order chi connectivity index (χ1) is 9.69. The first-order valence-corrected chi connectivity index (χ1v) is 8.11. The second-order valence-electron chi connectivity index (χ2n) is 7.25. The Kier molecular flexibility index (Phi) is 2.73. The van der Waals surface area contributed by atoms with Crippen molar-refractivity contribution in [2.45, 2.75) is 44.6 Å². The molecule has 1 nitrogen and oxygen atoms in total. The molecule has 2 bridgehead atoms. The fraction of sp³-hybridized carbons (Fsp3) is 0.579. The number of rotatable bonds is 3. The monoisotopic (exact) mass is 268 g/mol. The van der Waals surface area contributed by atoms with Crippen molar-refractivity contribution in [1.82, 2.24) is 0 Å². The molecule has 0 N–H and O–H groups in total. The van der Waals surface area contributed by atoms with Crippen LogP contribution in [0, 0.1) is 23.7 Å². The summed E-state index contributed by atoms with van der Waals surface area (Å²) >= 11 is 0. The summed E-state index contributed by atoms with van der Waals surface area (Å²) in [6, 6.07) is 8.38. The normalized spacial score (nSPS) is 41.6. The van der Waals surface area contributed by atoms with Gasteiger partial charge in [-0.15, -0.1) is 0 Å². The quantitative estimate of drug-likeness (QED) is 0.755. The summed E-state index contributed by atoms with van der Waals surface area (Å²) in [5, 5.41) is 0. The molecule has 5 unspecified atom stereocenters. The van der Waals surface area contributed by atoms with Crippen LogP contribution in [0.15, 0.2) is 30.8 Å². The van der Waals surface area contributed by atoms with E-state index in [2.05, 4.69) is 37.8 Å². The van der Waals surface area contributed by atoms with E-state index in [-0.39, 0.29) is 5.60 Å². The highest BCUT2D eigenvalue weighted by atomic mass is 16.5. The van der Waals surface area contributed by atoms with Gasteiger partial charge in [0.2, 0.25) is 0 Å². The van der Waals surface area contributed by atoms with Crippen molar-refractivity contribution in [2.24, 2.45) is 23.7 Å². The van der Waals surface area contributed by atoms with Crippen LogP contribution < -0.4 is 4.74 Å². The zero-order chi connectivity index (χ0) is 13.7. The first kappa shape index (κ1) is 12.5. The lowest BCUT2D eigenvalue weighted by molar-refractivity contribution is -0.00694. The molecule has 3 aliphatic carbocycles. The fourth-order valence-electron chi connectivity index (χ4n) is 5.45. The Balaban J connectivity index is 1.55. The highest BCUT2D eigenvalue weighted by Gasteiger charge is 2.60. The van der Waals surface area contributed by atoms with Crippen LogP contribution >= 0.6 is 0 Å². The average Bonchev–Trinajstić information content (AvgIpc) is 3.10. The molecule has 0 aromatic heterocycles. The molecule has 5 atom stereocenters. The smallest absolute Gasteiger partial charge is 0.120 e. The van der Waals surface area contributed by atoms with E-state index in [4.69, 9.17) is 4.74 Å². The molecular formula is C19H24O. The Hall–Kier alpha value is -1.24. The van der Waals surface area contributed by atoms with Gasteiger partial charge in [-0.05, 0) is 68.1 Å². The van der Waals surface area contributed by atoms with E-state index in [9.17, 15) is 0 Å². The molecule has 0 saturated heterocycles. The second-order valence-corrected chi connectivity index (χ2v) is 7.25. The number of benzene rings is 1. The summed E-state index contributed by atoms with van der Waals surface area (Å²) in [7, 11) is 0. The van der Waals surface area contributed by atoms with Crippen LogP contribution in [0.1, 0.15) is 44.6 Å². The van der Waals surface area contributed by atoms with Crippen molar-refractivity contribution in [3.8, 4) is 5.75 Å². The van der Waals surface area contributed by atoms with Crippen molar-refractivity contribution < 1.29 is 4.74 Å². The standard InChI is InChI=1S/C19H24O/c1-3-13-7-9-15(10-8-13)20-19(2)12-14-11-18(19)17-6-4-5-16(14)17/h3,7-10,14,16-18H,1,4-6,11-12H2,2H3. The van der Waals surface area contributed by atoms with E-state index in [1.807, 2.05) is 6.08 Å². The van der Waals surface area contributed by atoms with E-state index in [0.29, 0.717) is 0 Å². The van der Waals surface area contributed by atoms with Gasteiger partial charge in [-0.2, -0.15) is 0 Å². The van der Waals surface area contributed by atoms with Gasteiger partial charge in [-0.25, -0.2) is 0 Å². The minimum absolute atomic E-state index is 0.0753. The van der Waals surface area contributed by atoms with Gasteiger partial charge >= 0.3 is 0 Å². The zero-order valence-electron chi connectivity index (χ0n) is 12.3. The molecule has 106 valence electrons. The minimum Gasteiger partial charge on any atom is -0.487 e. The number of hydrogen-bond donors (Lipinski definition) is 0. The molecule has 1 aromatic rings. The van der Waals surface area contributed by atoms with Gasteiger partial charge in [0.25, 0.3) is 0 Å². The summed E-state index contributed by atoms with van der Waals surface area (Å²) in [6.45, 7) is 6.16. The Morgan fingerprint density at radius 3 is 2.70 bits per heavy atom. The second kappa shape index (κ2) is 4.38. The van der Waals surface area contributed by atoms with Crippen LogP contribution in [0.2, 0.25) is 0 Å². The van der Waals surface area contributed by atoms with Gasteiger partial charge in [-0.3, -0.25) is 0 Å². The predicted octanol–water partition coefficient (Wildman–Crippen LogP) is 4.92. The number of ether oxygens (including phenoxy) is 1. The molecule has 1 aromatic carbocycles.